The van der Waals surface area contributed by atoms with Crippen LogP contribution in [0.3, 0.4) is 0 Å². The van der Waals surface area contributed by atoms with E-state index in [-0.39, 0.29) is 11.3 Å². The smallest absolute Gasteiger partial charge is 0.274 e. The molecule has 1 aliphatic rings. The van der Waals surface area contributed by atoms with Gasteiger partial charge >= 0.3 is 0 Å². The molecule has 0 N–H and O–H groups in total. The molecule has 3 nitrogen and oxygen atoms in total. The summed E-state index contributed by atoms with van der Waals surface area (Å²) in [6.45, 7) is 11.1. The number of hydrogen-bond donors (Lipinski definition) is 0. The van der Waals surface area contributed by atoms with Crippen LogP contribution < -0.4 is 0 Å². The Kier molecular flexibility index (Phi) is 5.05. The summed E-state index contributed by atoms with van der Waals surface area (Å²) in [5, 5.41) is 0. The van der Waals surface area contributed by atoms with Crippen molar-refractivity contribution in [3.63, 3.8) is 0 Å². The van der Waals surface area contributed by atoms with Crippen molar-refractivity contribution in [2.24, 2.45) is 4.99 Å². The number of rotatable bonds is 4. The fraction of sp³-hybridized carbons (Fsp3) is 0.333. The van der Waals surface area contributed by atoms with E-state index in [0.29, 0.717) is 12.3 Å². The lowest BCUT2D eigenvalue weighted by Gasteiger charge is -2.29. The highest BCUT2D eigenvalue weighted by atomic mass is 16.2. The molecule has 0 saturated heterocycles. The Balaban J connectivity index is 1.75. The molecule has 3 heteroatoms. The lowest BCUT2D eigenvalue weighted by Crippen LogP contribution is -2.41. The van der Waals surface area contributed by atoms with Crippen molar-refractivity contribution >= 4 is 17.7 Å². The Morgan fingerprint density at radius 2 is 1.59 bits per heavy atom. The maximum absolute atomic E-state index is 12.9. The molecule has 0 unspecified atom stereocenters. The number of nitrogens with zero attached hydrogens (tertiary/aromatic N) is 2. The summed E-state index contributed by atoms with van der Waals surface area (Å²) >= 11 is 0. The number of amides is 1. The first-order valence-electron chi connectivity index (χ1n) is 9.41. The third-order valence-corrected chi connectivity index (χ3v) is 4.91. The third kappa shape index (κ3) is 4.36. The minimum Gasteiger partial charge on any atom is -0.309 e. The van der Waals surface area contributed by atoms with Crippen LogP contribution in [0.15, 0.2) is 65.7 Å². The molecular weight excluding hydrogens is 332 g/mol. The summed E-state index contributed by atoms with van der Waals surface area (Å²) in [7, 11) is 0. The molecule has 0 atom stereocenters. The molecule has 27 heavy (non-hydrogen) atoms. The summed E-state index contributed by atoms with van der Waals surface area (Å²) in [5.74, 6) is -0.0218. The molecule has 3 rings (SSSR count). The van der Waals surface area contributed by atoms with Gasteiger partial charge < -0.3 is 4.90 Å². The molecule has 2 aromatic rings. The Morgan fingerprint density at radius 3 is 2.19 bits per heavy atom. The van der Waals surface area contributed by atoms with Gasteiger partial charge in [-0.3, -0.25) is 9.79 Å². The van der Waals surface area contributed by atoms with Gasteiger partial charge in [0.1, 0.15) is 11.4 Å². The Bertz CT molecular complexity index is 869. The summed E-state index contributed by atoms with van der Waals surface area (Å²) in [6, 6.07) is 18.5. The topological polar surface area (TPSA) is 32.7 Å². The van der Waals surface area contributed by atoms with E-state index in [0.717, 1.165) is 11.1 Å². The maximum Gasteiger partial charge on any atom is 0.274 e. The zero-order valence-corrected chi connectivity index (χ0v) is 16.9. The molecule has 0 aliphatic carbocycles. The van der Waals surface area contributed by atoms with E-state index in [1.165, 1.54) is 5.56 Å². The normalized spacial score (nSPS) is 16.9. The molecule has 0 fully saturated rings. The Labute approximate surface area is 162 Å². The Morgan fingerprint density at radius 1 is 0.963 bits per heavy atom. The van der Waals surface area contributed by atoms with Gasteiger partial charge in [0.25, 0.3) is 5.91 Å². The SMILES string of the molecule is CC(C)(C)c1ccc(/C=C/C2=NC(C)(C)N(Cc3ccccc3)C2=O)cc1. The van der Waals surface area contributed by atoms with E-state index in [1.807, 2.05) is 61.2 Å². The molecule has 2 aromatic carbocycles. The van der Waals surface area contributed by atoms with Crippen LogP contribution in [0.1, 0.15) is 51.3 Å². The number of aliphatic imine (C=N–C) groups is 1. The molecular formula is C24H28N2O. The van der Waals surface area contributed by atoms with Crippen molar-refractivity contribution in [1.29, 1.82) is 0 Å². The van der Waals surface area contributed by atoms with Crippen molar-refractivity contribution in [1.82, 2.24) is 4.90 Å². The maximum atomic E-state index is 12.9. The van der Waals surface area contributed by atoms with E-state index in [1.54, 1.807) is 0 Å². The number of hydrogen-bond acceptors (Lipinski definition) is 2. The number of benzene rings is 2. The van der Waals surface area contributed by atoms with Gasteiger partial charge in [0, 0.05) is 6.54 Å². The van der Waals surface area contributed by atoms with E-state index < -0.39 is 5.66 Å². The highest BCUT2D eigenvalue weighted by molar-refractivity contribution is 6.45. The average molecular weight is 361 g/mol. The molecule has 0 saturated carbocycles. The molecule has 1 heterocycles. The third-order valence-electron chi connectivity index (χ3n) is 4.91. The second-order valence-electron chi connectivity index (χ2n) is 8.57. The van der Waals surface area contributed by atoms with Gasteiger partial charge in [-0.2, -0.15) is 0 Å². The number of carbonyl (C=O) groups excluding carboxylic acids is 1. The largest absolute Gasteiger partial charge is 0.309 e. The first-order chi connectivity index (χ1) is 12.7. The quantitative estimate of drug-likeness (QED) is 0.736. The minimum atomic E-state index is -0.539. The second-order valence-corrected chi connectivity index (χ2v) is 8.57. The van der Waals surface area contributed by atoms with Crippen molar-refractivity contribution < 1.29 is 4.79 Å². The second kappa shape index (κ2) is 7.15. The van der Waals surface area contributed by atoms with E-state index in [4.69, 9.17) is 0 Å². The van der Waals surface area contributed by atoms with Gasteiger partial charge in [0.2, 0.25) is 0 Å². The van der Waals surface area contributed by atoms with Crippen LogP contribution in [-0.4, -0.2) is 22.2 Å². The van der Waals surface area contributed by atoms with Crippen LogP contribution in [0.2, 0.25) is 0 Å². The van der Waals surface area contributed by atoms with E-state index in [9.17, 15) is 4.79 Å². The van der Waals surface area contributed by atoms with Gasteiger partial charge in [-0.15, -0.1) is 0 Å². The summed E-state index contributed by atoms with van der Waals surface area (Å²) in [4.78, 5) is 19.4. The average Bonchev–Trinajstić information content (AvgIpc) is 2.83. The van der Waals surface area contributed by atoms with Gasteiger partial charge in [0.05, 0.1) is 0 Å². The summed E-state index contributed by atoms with van der Waals surface area (Å²) < 4.78 is 0. The molecule has 0 radical (unpaired) electrons. The van der Waals surface area contributed by atoms with Crippen LogP contribution in [0.25, 0.3) is 6.08 Å². The van der Waals surface area contributed by atoms with Crippen molar-refractivity contribution in [2.75, 3.05) is 0 Å². The highest BCUT2D eigenvalue weighted by Gasteiger charge is 2.38. The Hall–Kier alpha value is -2.68. The van der Waals surface area contributed by atoms with Crippen LogP contribution in [0.4, 0.5) is 0 Å². The van der Waals surface area contributed by atoms with Crippen LogP contribution in [0.5, 0.6) is 0 Å². The van der Waals surface area contributed by atoms with E-state index in [2.05, 4.69) is 50.0 Å². The highest BCUT2D eigenvalue weighted by Crippen LogP contribution is 2.27. The fourth-order valence-electron chi connectivity index (χ4n) is 3.20. The van der Waals surface area contributed by atoms with Crippen LogP contribution in [0, 0.1) is 0 Å². The van der Waals surface area contributed by atoms with Crippen LogP contribution in [-0.2, 0) is 16.8 Å². The van der Waals surface area contributed by atoms with Gasteiger partial charge in [-0.05, 0) is 42.0 Å². The summed E-state index contributed by atoms with van der Waals surface area (Å²) in [6.07, 6.45) is 3.80. The lowest BCUT2D eigenvalue weighted by molar-refractivity contribution is -0.127. The monoisotopic (exact) mass is 360 g/mol. The standard InChI is InChI=1S/C24H28N2O/c1-23(2,3)20-14-11-18(12-15-20)13-16-21-22(27)26(24(4,5)25-21)17-19-9-7-6-8-10-19/h6-16H,17H2,1-5H3/b16-13+. The van der Waals surface area contributed by atoms with Crippen molar-refractivity contribution in [3.05, 3.63) is 77.4 Å². The predicted octanol–water partition coefficient (Wildman–Crippen LogP) is 5.22. The lowest BCUT2D eigenvalue weighted by atomic mass is 9.87. The van der Waals surface area contributed by atoms with E-state index >= 15 is 0 Å². The molecule has 140 valence electrons. The molecule has 0 bridgehead atoms. The van der Waals surface area contributed by atoms with Gasteiger partial charge in [-0.25, -0.2) is 0 Å². The summed E-state index contributed by atoms with van der Waals surface area (Å²) in [5.41, 5.74) is 3.58. The zero-order chi connectivity index (χ0) is 19.7. The number of carbonyl (C=O) groups is 1. The van der Waals surface area contributed by atoms with Gasteiger partial charge in [-0.1, -0.05) is 81.4 Å². The minimum absolute atomic E-state index is 0.0218. The molecule has 0 aromatic heterocycles. The zero-order valence-electron chi connectivity index (χ0n) is 16.9. The predicted molar refractivity (Wildman–Crippen MR) is 113 cm³/mol. The van der Waals surface area contributed by atoms with Crippen LogP contribution >= 0.6 is 0 Å². The molecule has 0 spiro atoms. The van der Waals surface area contributed by atoms with Gasteiger partial charge in [0.15, 0.2) is 0 Å². The molecule has 1 amide bonds. The fourth-order valence-corrected chi connectivity index (χ4v) is 3.20. The van der Waals surface area contributed by atoms with Crippen molar-refractivity contribution in [2.45, 2.75) is 52.2 Å². The first-order valence-corrected chi connectivity index (χ1v) is 9.41. The van der Waals surface area contributed by atoms with Crippen molar-refractivity contribution in [3.8, 4) is 0 Å². The molecule has 1 aliphatic heterocycles. The first kappa shape index (κ1) is 19.1.